The lowest BCUT2D eigenvalue weighted by molar-refractivity contribution is 0.270. The lowest BCUT2D eigenvalue weighted by atomic mass is 10.8. The molecule has 2 heteroatoms. The lowest BCUT2D eigenvalue weighted by Gasteiger charge is -1.84. The molecule has 0 aromatic carbocycles. The molecule has 0 N–H and O–H groups in total. The summed E-state index contributed by atoms with van der Waals surface area (Å²) in [6.07, 6.45) is 2.61. The molecule has 0 spiro atoms. The summed E-state index contributed by atoms with van der Waals surface area (Å²) in [6, 6.07) is 1.69. The minimum absolute atomic E-state index is 0.726. The highest BCUT2D eigenvalue weighted by molar-refractivity contribution is 4.93. The van der Waals surface area contributed by atoms with Crippen LogP contribution >= 0.6 is 0 Å². The Labute approximate surface area is 56.1 Å². The molecule has 0 unspecified atom stereocenters. The third-order valence-electron chi connectivity index (χ3n) is 0.376. The number of hydrogen-bond acceptors (Lipinski definition) is 2. The van der Waals surface area contributed by atoms with E-state index < -0.39 is 0 Å². The maximum absolute atomic E-state index is 7.51. The Balaban J connectivity index is 0. The van der Waals surface area contributed by atoms with Gasteiger partial charge >= 0.3 is 0 Å². The van der Waals surface area contributed by atoms with E-state index in [2.05, 4.69) is 17.9 Å². The van der Waals surface area contributed by atoms with E-state index in [1.807, 2.05) is 6.92 Å². The van der Waals surface area contributed by atoms with E-state index in [9.17, 15) is 0 Å². The molecule has 0 radical (unpaired) electrons. The van der Waals surface area contributed by atoms with E-state index in [4.69, 9.17) is 5.26 Å². The molecule has 9 heavy (non-hydrogen) atoms. The van der Waals surface area contributed by atoms with Crippen LogP contribution in [0.15, 0.2) is 25.5 Å². The highest BCUT2D eigenvalue weighted by Gasteiger charge is 1.55. The second kappa shape index (κ2) is 15.9. The molecule has 0 heterocycles. The van der Waals surface area contributed by atoms with E-state index in [0.717, 1.165) is 6.61 Å². The molecule has 2 nitrogen and oxygen atoms in total. The van der Waals surface area contributed by atoms with Crippen molar-refractivity contribution in [1.82, 2.24) is 0 Å². The number of nitriles is 1. The molecule has 0 saturated carbocycles. The second-order valence-corrected chi connectivity index (χ2v) is 0.955. The largest absolute Gasteiger partial charge is 0.502 e. The van der Waals surface area contributed by atoms with Gasteiger partial charge < -0.3 is 4.74 Å². The summed E-state index contributed by atoms with van der Waals surface area (Å²) in [6.45, 7) is 9.09. The third-order valence-corrected chi connectivity index (χ3v) is 0.376. The molecular weight excluding hydrogens is 114 g/mol. The molecular formula is C7H11NO. The van der Waals surface area contributed by atoms with Gasteiger partial charge in [0.2, 0.25) is 0 Å². The minimum Gasteiger partial charge on any atom is -0.502 e. The molecule has 0 atom stereocenters. The van der Waals surface area contributed by atoms with E-state index in [1.54, 1.807) is 6.07 Å². The first-order valence-corrected chi connectivity index (χ1v) is 2.56. The molecule has 0 fully saturated rings. The van der Waals surface area contributed by atoms with Crippen molar-refractivity contribution in [2.45, 2.75) is 6.92 Å². The van der Waals surface area contributed by atoms with Crippen molar-refractivity contribution < 1.29 is 4.74 Å². The van der Waals surface area contributed by atoms with E-state index in [-0.39, 0.29) is 0 Å². The van der Waals surface area contributed by atoms with Crippen molar-refractivity contribution in [2.75, 3.05) is 6.61 Å². The molecule has 0 aliphatic carbocycles. The Morgan fingerprint density at radius 3 is 2.11 bits per heavy atom. The average Bonchev–Trinajstić information content (AvgIpc) is 1.91. The smallest absolute Gasteiger partial charge is 0.0905 e. The zero-order valence-corrected chi connectivity index (χ0v) is 5.63. The zero-order chi connectivity index (χ0) is 7.54. The summed E-state index contributed by atoms with van der Waals surface area (Å²) >= 11 is 0. The summed E-state index contributed by atoms with van der Waals surface area (Å²) in [4.78, 5) is 0. The van der Waals surface area contributed by atoms with Crippen molar-refractivity contribution in [2.24, 2.45) is 0 Å². The standard InChI is InChI=1S/C4H8O.C3H3N/c1-3-5-4-2;1-2-3-4/h3H,1,4H2,2H3;2H,1H2. The Morgan fingerprint density at radius 1 is 1.67 bits per heavy atom. The van der Waals surface area contributed by atoms with Crippen LogP contribution in [0.2, 0.25) is 0 Å². The Bertz CT molecular complexity index is 102. The van der Waals surface area contributed by atoms with Gasteiger partial charge in [-0.2, -0.15) is 5.26 Å². The summed E-state index contributed by atoms with van der Waals surface area (Å²) in [5.74, 6) is 0. The van der Waals surface area contributed by atoms with Crippen LogP contribution in [0.25, 0.3) is 0 Å². The number of allylic oxidation sites excluding steroid dienone is 1. The predicted octanol–water partition coefficient (Wildman–Crippen LogP) is 1.86. The maximum atomic E-state index is 7.51. The number of nitrogens with zero attached hydrogens (tertiary/aromatic N) is 1. The van der Waals surface area contributed by atoms with Gasteiger partial charge in [-0.3, -0.25) is 0 Å². The molecule has 0 aromatic rings. The molecule has 0 rings (SSSR count). The molecule has 0 aliphatic heterocycles. The lowest BCUT2D eigenvalue weighted by Crippen LogP contribution is -1.72. The van der Waals surface area contributed by atoms with Crippen molar-refractivity contribution in [3.63, 3.8) is 0 Å². The second-order valence-electron chi connectivity index (χ2n) is 0.955. The van der Waals surface area contributed by atoms with Crippen LogP contribution in [0.4, 0.5) is 0 Å². The first kappa shape index (κ1) is 10.7. The molecule has 0 aliphatic rings. The number of ether oxygens (including phenoxy) is 1. The highest BCUT2D eigenvalue weighted by atomic mass is 16.5. The van der Waals surface area contributed by atoms with E-state index in [1.165, 1.54) is 12.3 Å². The summed E-state index contributed by atoms with van der Waals surface area (Å²) in [5.41, 5.74) is 0. The average molecular weight is 125 g/mol. The minimum atomic E-state index is 0.726. The van der Waals surface area contributed by atoms with Gasteiger partial charge in [-0.15, -0.1) is 0 Å². The van der Waals surface area contributed by atoms with Crippen LogP contribution in [0.3, 0.4) is 0 Å². The van der Waals surface area contributed by atoms with Crippen LogP contribution in [0.5, 0.6) is 0 Å². The van der Waals surface area contributed by atoms with Gasteiger partial charge in [-0.05, 0) is 6.92 Å². The fourth-order valence-electron chi connectivity index (χ4n) is 0.118. The summed E-state index contributed by atoms with van der Waals surface area (Å²) in [5, 5.41) is 7.51. The van der Waals surface area contributed by atoms with Crippen LogP contribution in [-0.4, -0.2) is 6.61 Å². The van der Waals surface area contributed by atoms with Crippen LogP contribution in [-0.2, 0) is 4.74 Å². The first-order valence-electron chi connectivity index (χ1n) is 2.56. The molecule has 50 valence electrons. The van der Waals surface area contributed by atoms with Crippen molar-refractivity contribution in [3.8, 4) is 6.07 Å². The van der Waals surface area contributed by atoms with E-state index in [0.29, 0.717) is 0 Å². The fourth-order valence-corrected chi connectivity index (χ4v) is 0.118. The Kier molecular flexibility index (Phi) is 18.8. The van der Waals surface area contributed by atoms with Gasteiger partial charge in [0.15, 0.2) is 0 Å². The summed E-state index contributed by atoms with van der Waals surface area (Å²) in [7, 11) is 0. The quantitative estimate of drug-likeness (QED) is 0.417. The van der Waals surface area contributed by atoms with Crippen LogP contribution < -0.4 is 0 Å². The molecule has 0 amide bonds. The SMILES string of the molecule is C=CC#N.C=COCC. The van der Waals surface area contributed by atoms with Gasteiger partial charge in [0.1, 0.15) is 0 Å². The van der Waals surface area contributed by atoms with Crippen molar-refractivity contribution >= 4 is 0 Å². The Morgan fingerprint density at radius 2 is 2.11 bits per heavy atom. The van der Waals surface area contributed by atoms with Crippen LogP contribution in [0, 0.1) is 11.3 Å². The van der Waals surface area contributed by atoms with E-state index >= 15 is 0 Å². The topological polar surface area (TPSA) is 33.0 Å². The van der Waals surface area contributed by atoms with Crippen molar-refractivity contribution in [1.29, 1.82) is 5.26 Å². The third kappa shape index (κ3) is 49.2. The van der Waals surface area contributed by atoms with Gasteiger partial charge in [0, 0.05) is 6.08 Å². The zero-order valence-electron chi connectivity index (χ0n) is 5.63. The van der Waals surface area contributed by atoms with Crippen LogP contribution in [0.1, 0.15) is 6.92 Å². The molecule has 0 bridgehead atoms. The molecule has 0 aromatic heterocycles. The normalized spacial score (nSPS) is 5.33. The highest BCUT2D eigenvalue weighted by Crippen LogP contribution is 1.65. The predicted molar refractivity (Wildman–Crippen MR) is 37.6 cm³/mol. The van der Waals surface area contributed by atoms with Gasteiger partial charge in [-0.25, -0.2) is 0 Å². The number of rotatable bonds is 2. The van der Waals surface area contributed by atoms with Gasteiger partial charge in [0.25, 0.3) is 0 Å². The van der Waals surface area contributed by atoms with Crippen molar-refractivity contribution in [3.05, 3.63) is 25.5 Å². The molecule has 0 saturated heterocycles. The monoisotopic (exact) mass is 125 g/mol. The van der Waals surface area contributed by atoms with Gasteiger partial charge in [0.05, 0.1) is 18.9 Å². The first-order chi connectivity index (χ1) is 4.33. The maximum Gasteiger partial charge on any atom is 0.0905 e. The number of hydrogen-bond donors (Lipinski definition) is 0. The summed E-state index contributed by atoms with van der Waals surface area (Å²) < 4.78 is 4.60. The van der Waals surface area contributed by atoms with Gasteiger partial charge in [-0.1, -0.05) is 13.2 Å². The Hall–Kier alpha value is -1.23. The fraction of sp³-hybridized carbons (Fsp3) is 0.286.